The lowest BCUT2D eigenvalue weighted by Crippen LogP contribution is -2.10. The summed E-state index contributed by atoms with van der Waals surface area (Å²) < 4.78 is 4.75. The van der Waals surface area contributed by atoms with Crippen molar-refractivity contribution in [2.45, 2.75) is 13.7 Å². The summed E-state index contributed by atoms with van der Waals surface area (Å²) in [5, 5.41) is 3.60. The van der Waals surface area contributed by atoms with E-state index < -0.39 is 0 Å². The van der Waals surface area contributed by atoms with Crippen molar-refractivity contribution in [1.29, 1.82) is 0 Å². The van der Waals surface area contributed by atoms with Gasteiger partial charge in [0.05, 0.1) is 0 Å². The molecule has 0 spiro atoms. The molecule has 4 heteroatoms. The minimum Gasteiger partial charge on any atom is -0.351 e. The third kappa shape index (κ3) is 0.884. The minimum atomic E-state index is 0.710. The maximum atomic E-state index is 4.75. The summed E-state index contributed by atoms with van der Waals surface area (Å²) in [6, 6.07) is 0. The fraction of sp³-hybridized carbons (Fsp3) is 0.500. The monoisotopic (exact) mass is 110 g/mol. The molecule has 1 aromatic heterocycles. The fourth-order valence-corrected chi connectivity index (χ4v) is 0.484. The Bertz CT molecular complexity index is 174. The van der Waals surface area contributed by atoms with E-state index in [1.54, 1.807) is 0 Å². The van der Waals surface area contributed by atoms with Crippen LogP contribution in [0.5, 0.6) is 0 Å². The zero-order valence-electron chi connectivity index (χ0n) is 5.01. The number of nitrogens with zero attached hydrogens (tertiary/aromatic N) is 2. The molecule has 8 heavy (non-hydrogen) atoms. The van der Waals surface area contributed by atoms with Gasteiger partial charge in [0.15, 0.2) is 11.6 Å². The molecular weight excluding hydrogens is 103 g/mol. The zero-order valence-corrected chi connectivity index (χ0v) is 5.01. The van der Waals surface area contributed by atoms with Gasteiger partial charge in [0.2, 0.25) is 7.28 Å². The standard InChI is InChI=1S/C4H7BN2O/c1-3-6-4(5-2)8-7-3/h5H,1-2H3. The molecule has 0 fully saturated rings. The first-order chi connectivity index (χ1) is 3.83. The smallest absolute Gasteiger partial charge is 0.231 e. The van der Waals surface area contributed by atoms with Crippen molar-refractivity contribution in [3.05, 3.63) is 5.82 Å². The van der Waals surface area contributed by atoms with Gasteiger partial charge in [0.25, 0.3) is 0 Å². The Labute approximate surface area is 48.3 Å². The minimum absolute atomic E-state index is 0.710. The van der Waals surface area contributed by atoms with Gasteiger partial charge in [-0.3, -0.25) is 0 Å². The van der Waals surface area contributed by atoms with E-state index in [4.69, 9.17) is 4.52 Å². The van der Waals surface area contributed by atoms with Crippen LogP contribution in [-0.2, 0) is 0 Å². The second-order valence-electron chi connectivity index (χ2n) is 1.59. The van der Waals surface area contributed by atoms with Gasteiger partial charge < -0.3 is 4.52 Å². The van der Waals surface area contributed by atoms with Gasteiger partial charge in [0.1, 0.15) is 0 Å². The molecule has 0 aromatic carbocycles. The number of hydrogen-bond donors (Lipinski definition) is 0. The predicted molar refractivity (Wildman–Crippen MR) is 31.7 cm³/mol. The Balaban J connectivity index is 2.84. The Morgan fingerprint density at radius 1 is 1.62 bits per heavy atom. The molecule has 1 heterocycles. The van der Waals surface area contributed by atoms with Crippen molar-refractivity contribution in [3.63, 3.8) is 0 Å². The fourth-order valence-electron chi connectivity index (χ4n) is 0.484. The van der Waals surface area contributed by atoms with Crippen LogP contribution in [0.25, 0.3) is 0 Å². The van der Waals surface area contributed by atoms with E-state index in [0.717, 1.165) is 7.28 Å². The van der Waals surface area contributed by atoms with E-state index in [1.807, 2.05) is 13.7 Å². The van der Waals surface area contributed by atoms with E-state index in [0.29, 0.717) is 11.6 Å². The second kappa shape index (κ2) is 1.98. The van der Waals surface area contributed by atoms with Gasteiger partial charge in [0, 0.05) is 0 Å². The molecular formula is C4H7BN2O. The molecule has 1 aromatic rings. The van der Waals surface area contributed by atoms with Crippen LogP contribution >= 0.6 is 0 Å². The lowest BCUT2D eigenvalue weighted by atomic mass is 9.83. The molecule has 1 rings (SSSR count). The molecule has 0 aliphatic rings. The van der Waals surface area contributed by atoms with Crippen molar-refractivity contribution in [3.8, 4) is 0 Å². The van der Waals surface area contributed by atoms with Crippen molar-refractivity contribution >= 4 is 13.1 Å². The largest absolute Gasteiger partial charge is 0.351 e. The SMILES string of the molecule is CBc1nc(C)no1. The van der Waals surface area contributed by atoms with Crippen LogP contribution in [-0.4, -0.2) is 17.4 Å². The van der Waals surface area contributed by atoms with Gasteiger partial charge in [-0.2, -0.15) is 0 Å². The van der Waals surface area contributed by atoms with Crippen LogP contribution in [0.1, 0.15) is 5.82 Å². The number of hydrogen-bond acceptors (Lipinski definition) is 3. The van der Waals surface area contributed by atoms with Crippen LogP contribution in [0.15, 0.2) is 4.52 Å². The molecule has 0 bridgehead atoms. The van der Waals surface area contributed by atoms with E-state index >= 15 is 0 Å². The van der Waals surface area contributed by atoms with Crippen molar-refractivity contribution < 1.29 is 4.52 Å². The molecule has 0 radical (unpaired) electrons. The van der Waals surface area contributed by atoms with Gasteiger partial charge in [-0.1, -0.05) is 12.0 Å². The third-order valence-corrected chi connectivity index (χ3v) is 0.872. The quantitative estimate of drug-likeness (QED) is 0.457. The first-order valence-corrected chi connectivity index (χ1v) is 2.62. The number of aryl methyl sites for hydroxylation is 1. The molecule has 0 aliphatic heterocycles. The van der Waals surface area contributed by atoms with Crippen molar-refractivity contribution in [2.24, 2.45) is 0 Å². The van der Waals surface area contributed by atoms with Crippen LogP contribution in [0, 0.1) is 6.92 Å². The topological polar surface area (TPSA) is 38.9 Å². The molecule has 3 nitrogen and oxygen atoms in total. The highest BCUT2D eigenvalue weighted by Crippen LogP contribution is 1.78. The third-order valence-electron chi connectivity index (χ3n) is 0.872. The average molecular weight is 110 g/mol. The predicted octanol–water partition coefficient (Wildman–Crippen LogP) is -0.512. The number of rotatable bonds is 1. The van der Waals surface area contributed by atoms with Gasteiger partial charge in [-0.25, -0.2) is 4.98 Å². The molecule has 0 saturated heterocycles. The maximum Gasteiger partial charge on any atom is 0.231 e. The molecule has 0 atom stereocenters. The van der Waals surface area contributed by atoms with E-state index in [9.17, 15) is 0 Å². The van der Waals surface area contributed by atoms with E-state index in [1.165, 1.54) is 0 Å². The van der Waals surface area contributed by atoms with Gasteiger partial charge >= 0.3 is 0 Å². The molecule has 42 valence electrons. The summed E-state index contributed by atoms with van der Waals surface area (Å²) >= 11 is 0. The van der Waals surface area contributed by atoms with Crippen LogP contribution in [0.4, 0.5) is 0 Å². The average Bonchev–Trinajstić information content (AvgIpc) is 2.14. The maximum absolute atomic E-state index is 4.75. The molecule has 0 saturated carbocycles. The Morgan fingerprint density at radius 2 is 2.38 bits per heavy atom. The van der Waals surface area contributed by atoms with Crippen LogP contribution in [0.3, 0.4) is 0 Å². The van der Waals surface area contributed by atoms with E-state index in [2.05, 4.69) is 10.1 Å². The first-order valence-electron chi connectivity index (χ1n) is 2.62. The lowest BCUT2D eigenvalue weighted by molar-refractivity contribution is 0.439. The lowest BCUT2D eigenvalue weighted by Gasteiger charge is -1.72. The summed E-state index contributed by atoms with van der Waals surface area (Å²) in [5.74, 6) is 1.42. The highest BCUT2D eigenvalue weighted by molar-refractivity contribution is 6.48. The summed E-state index contributed by atoms with van der Waals surface area (Å²) in [4.78, 5) is 3.95. The highest BCUT2D eigenvalue weighted by Gasteiger charge is 1.96. The zero-order chi connectivity index (χ0) is 5.98. The Hall–Kier alpha value is -0.795. The summed E-state index contributed by atoms with van der Waals surface area (Å²) in [5.41, 5.74) is 0. The summed E-state index contributed by atoms with van der Waals surface area (Å²) in [7, 11) is 0.820. The second-order valence-corrected chi connectivity index (χ2v) is 1.59. The van der Waals surface area contributed by atoms with Crippen LogP contribution < -0.4 is 5.79 Å². The highest BCUT2D eigenvalue weighted by atomic mass is 16.5. The van der Waals surface area contributed by atoms with Crippen molar-refractivity contribution in [2.75, 3.05) is 0 Å². The molecule has 0 unspecified atom stereocenters. The molecule has 0 aliphatic carbocycles. The van der Waals surface area contributed by atoms with Gasteiger partial charge in [-0.05, 0) is 6.92 Å². The number of aromatic nitrogens is 2. The van der Waals surface area contributed by atoms with Gasteiger partial charge in [-0.15, -0.1) is 0 Å². The molecule has 0 amide bonds. The van der Waals surface area contributed by atoms with Crippen LogP contribution in [0.2, 0.25) is 6.82 Å². The Morgan fingerprint density at radius 3 is 2.62 bits per heavy atom. The normalized spacial score (nSPS) is 9.25. The summed E-state index contributed by atoms with van der Waals surface area (Å²) in [6.45, 7) is 3.79. The first kappa shape index (κ1) is 5.34. The molecule has 0 N–H and O–H groups in total. The van der Waals surface area contributed by atoms with Crippen molar-refractivity contribution in [1.82, 2.24) is 10.1 Å². The summed E-state index contributed by atoms with van der Waals surface area (Å²) in [6.07, 6.45) is 0. The Kier molecular flexibility index (Phi) is 1.33. The van der Waals surface area contributed by atoms with E-state index in [-0.39, 0.29) is 0 Å².